The minimum atomic E-state index is -0.204. The predicted octanol–water partition coefficient (Wildman–Crippen LogP) is 3.32. The van der Waals surface area contributed by atoms with E-state index < -0.39 is 0 Å². The lowest BCUT2D eigenvalue weighted by molar-refractivity contribution is -0.269. The van der Waals surface area contributed by atoms with Gasteiger partial charge in [0.05, 0.1) is 26.9 Å². The Hall–Kier alpha value is -1.30. The molecule has 3 unspecified atom stereocenters. The van der Waals surface area contributed by atoms with E-state index in [4.69, 9.17) is 23.7 Å². The normalized spacial score (nSPS) is 25.3. The van der Waals surface area contributed by atoms with Crippen LogP contribution in [0.3, 0.4) is 0 Å². The largest absolute Gasteiger partial charge is 0.493 e. The van der Waals surface area contributed by atoms with Crippen molar-refractivity contribution in [3.05, 3.63) is 23.8 Å². The summed E-state index contributed by atoms with van der Waals surface area (Å²) in [4.78, 5) is 0. The van der Waals surface area contributed by atoms with Crippen molar-refractivity contribution in [2.45, 2.75) is 51.8 Å². The maximum absolute atomic E-state index is 6.06. The number of rotatable bonds is 6. The second-order valence-electron chi connectivity index (χ2n) is 5.57. The van der Waals surface area contributed by atoms with Crippen LogP contribution in [0.15, 0.2) is 18.2 Å². The molecule has 5 heteroatoms. The lowest BCUT2D eigenvalue weighted by atomic mass is 10.0. The zero-order chi connectivity index (χ0) is 16.1. The molecule has 0 aliphatic carbocycles. The Bertz CT molecular complexity index is 474. The molecular weight excluding hydrogens is 284 g/mol. The minimum Gasteiger partial charge on any atom is -0.493 e. The van der Waals surface area contributed by atoms with Gasteiger partial charge in [0, 0.05) is 0 Å². The zero-order valence-corrected chi connectivity index (χ0v) is 14.0. The van der Waals surface area contributed by atoms with E-state index in [9.17, 15) is 0 Å². The molecular formula is C17H26O5. The molecule has 1 aromatic rings. The molecule has 0 N–H and O–H groups in total. The molecule has 124 valence electrons. The van der Waals surface area contributed by atoms with E-state index in [0.717, 1.165) is 12.0 Å². The Morgan fingerprint density at radius 3 is 2.50 bits per heavy atom. The smallest absolute Gasteiger partial charge is 0.161 e. The molecule has 22 heavy (non-hydrogen) atoms. The summed E-state index contributed by atoms with van der Waals surface area (Å²) in [6.45, 7) is 6.59. The Kier molecular flexibility index (Phi) is 6.06. The van der Waals surface area contributed by atoms with Gasteiger partial charge in [0.15, 0.2) is 17.8 Å². The predicted molar refractivity (Wildman–Crippen MR) is 83.4 cm³/mol. The Balaban J connectivity index is 2.27. The summed E-state index contributed by atoms with van der Waals surface area (Å²) < 4.78 is 28.4. The van der Waals surface area contributed by atoms with Crippen LogP contribution in [-0.4, -0.2) is 39.3 Å². The summed E-state index contributed by atoms with van der Waals surface area (Å²) >= 11 is 0. The zero-order valence-electron chi connectivity index (χ0n) is 14.0. The molecule has 0 spiro atoms. The molecule has 0 radical (unpaired) electrons. The van der Waals surface area contributed by atoms with Gasteiger partial charge in [-0.1, -0.05) is 13.0 Å². The highest BCUT2D eigenvalue weighted by Gasteiger charge is 2.34. The fourth-order valence-electron chi connectivity index (χ4n) is 2.58. The van der Waals surface area contributed by atoms with Crippen molar-refractivity contribution >= 4 is 0 Å². The first-order valence-corrected chi connectivity index (χ1v) is 7.73. The molecule has 2 rings (SSSR count). The number of hydrogen-bond donors (Lipinski definition) is 0. The molecule has 5 nitrogen and oxygen atoms in total. The molecule has 3 atom stereocenters. The van der Waals surface area contributed by atoms with E-state index >= 15 is 0 Å². The lowest BCUT2D eigenvalue weighted by Crippen LogP contribution is -2.41. The molecule has 0 aromatic heterocycles. The molecule has 1 heterocycles. The Labute approximate surface area is 132 Å². The van der Waals surface area contributed by atoms with E-state index in [1.54, 1.807) is 14.2 Å². The molecule has 1 fully saturated rings. The summed E-state index contributed by atoms with van der Waals surface area (Å²) in [5, 5.41) is 0. The van der Waals surface area contributed by atoms with Crippen LogP contribution in [0, 0.1) is 0 Å². The topological polar surface area (TPSA) is 46.2 Å². The van der Waals surface area contributed by atoms with Gasteiger partial charge in [0.1, 0.15) is 12.2 Å². The molecule has 1 saturated heterocycles. The highest BCUT2D eigenvalue weighted by Crippen LogP contribution is 2.36. The summed E-state index contributed by atoms with van der Waals surface area (Å²) in [5.74, 6) is 1.39. The van der Waals surface area contributed by atoms with E-state index in [1.165, 1.54) is 0 Å². The van der Waals surface area contributed by atoms with Crippen molar-refractivity contribution in [1.29, 1.82) is 0 Å². The van der Waals surface area contributed by atoms with Crippen LogP contribution < -0.4 is 9.47 Å². The average molecular weight is 310 g/mol. The quantitative estimate of drug-likeness (QED) is 0.806. The number of benzene rings is 1. The van der Waals surface area contributed by atoms with Crippen LogP contribution in [0.4, 0.5) is 0 Å². The van der Waals surface area contributed by atoms with E-state index in [2.05, 4.69) is 0 Å². The van der Waals surface area contributed by atoms with Crippen LogP contribution in [0.2, 0.25) is 0 Å². The van der Waals surface area contributed by atoms with Gasteiger partial charge in [0.25, 0.3) is 0 Å². The van der Waals surface area contributed by atoms with Crippen molar-refractivity contribution in [3.63, 3.8) is 0 Å². The molecule has 0 bridgehead atoms. The molecule has 0 saturated carbocycles. The number of hydrogen-bond acceptors (Lipinski definition) is 5. The number of ether oxygens (including phenoxy) is 5. The molecule has 0 amide bonds. The fraction of sp³-hybridized carbons (Fsp3) is 0.647. The third-order valence-corrected chi connectivity index (χ3v) is 3.60. The van der Waals surface area contributed by atoms with E-state index in [-0.39, 0.29) is 24.6 Å². The van der Waals surface area contributed by atoms with Gasteiger partial charge in [-0.2, -0.15) is 0 Å². The van der Waals surface area contributed by atoms with Crippen LogP contribution in [-0.2, 0) is 14.2 Å². The average Bonchev–Trinajstić information content (AvgIpc) is 2.54. The second-order valence-corrected chi connectivity index (χ2v) is 5.57. The van der Waals surface area contributed by atoms with Crippen LogP contribution >= 0.6 is 0 Å². The summed E-state index contributed by atoms with van der Waals surface area (Å²) in [6, 6.07) is 5.82. The molecule has 1 aliphatic rings. The Morgan fingerprint density at radius 2 is 1.91 bits per heavy atom. The van der Waals surface area contributed by atoms with Crippen LogP contribution in [0.25, 0.3) is 0 Å². The third kappa shape index (κ3) is 3.91. The standard InChI is InChI=1S/C17H26O5/c1-6-16-20-10-15(21-11(2)3)17(22-16)12-7-8-13(18-4)14(9-12)19-5/h7-9,11,15-17H,6,10H2,1-5H3. The fourth-order valence-corrected chi connectivity index (χ4v) is 2.58. The van der Waals surface area contributed by atoms with Gasteiger partial charge < -0.3 is 23.7 Å². The van der Waals surface area contributed by atoms with Crippen molar-refractivity contribution in [1.82, 2.24) is 0 Å². The van der Waals surface area contributed by atoms with Crippen molar-refractivity contribution in [2.24, 2.45) is 0 Å². The van der Waals surface area contributed by atoms with Gasteiger partial charge in [-0.15, -0.1) is 0 Å². The summed E-state index contributed by atoms with van der Waals surface area (Å²) in [6.07, 6.45) is 0.392. The SMILES string of the molecule is CCC1OCC(OC(C)C)C(c2ccc(OC)c(OC)c2)O1. The maximum Gasteiger partial charge on any atom is 0.161 e. The van der Waals surface area contributed by atoms with Crippen molar-refractivity contribution in [3.8, 4) is 11.5 Å². The van der Waals surface area contributed by atoms with Gasteiger partial charge in [-0.05, 0) is 38.0 Å². The lowest BCUT2D eigenvalue weighted by Gasteiger charge is -2.37. The maximum atomic E-state index is 6.06. The first-order chi connectivity index (χ1) is 10.6. The molecule has 1 aromatic carbocycles. The molecule has 1 aliphatic heterocycles. The second kappa shape index (κ2) is 7.81. The van der Waals surface area contributed by atoms with E-state index in [0.29, 0.717) is 18.1 Å². The summed E-state index contributed by atoms with van der Waals surface area (Å²) in [7, 11) is 3.25. The first-order valence-electron chi connectivity index (χ1n) is 7.73. The van der Waals surface area contributed by atoms with Gasteiger partial charge in [-0.3, -0.25) is 0 Å². The van der Waals surface area contributed by atoms with E-state index in [1.807, 2.05) is 39.0 Å². The van der Waals surface area contributed by atoms with Crippen LogP contribution in [0.5, 0.6) is 11.5 Å². The van der Waals surface area contributed by atoms with Crippen molar-refractivity contribution < 1.29 is 23.7 Å². The monoisotopic (exact) mass is 310 g/mol. The highest BCUT2D eigenvalue weighted by atomic mass is 16.7. The van der Waals surface area contributed by atoms with Gasteiger partial charge >= 0.3 is 0 Å². The van der Waals surface area contributed by atoms with Gasteiger partial charge in [0.2, 0.25) is 0 Å². The highest BCUT2D eigenvalue weighted by molar-refractivity contribution is 5.43. The third-order valence-electron chi connectivity index (χ3n) is 3.60. The van der Waals surface area contributed by atoms with Gasteiger partial charge in [-0.25, -0.2) is 0 Å². The summed E-state index contributed by atoms with van der Waals surface area (Å²) in [5.41, 5.74) is 1.00. The first kappa shape index (κ1) is 17.1. The Morgan fingerprint density at radius 1 is 1.18 bits per heavy atom. The van der Waals surface area contributed by atoms with Crippen LogP contribution in [0.1, 0.15) is 38.9 Å². The van der Waals surface area contributed by atoms with Crippen molar-refractivity contribution in [2.75, 3.05) is 20.8 Å². The minimum absolute atomic E-state index is 0.109. The number of methoxy groups -OCH3 is 2.